The average Bonchev–Trinajstić information content (AvgIpc) is 3.49. The second kappa shape index (κ2) is 8.78. The van der Waals surface area contributed by atoms with Gasteiger partial charge in [-0.05, 0) is 81.0 Å². The molecule has 4 aliphatic rings. The molecule has 176 valence electrons. The number of piperidine rings is 1. The van der Waals surface area contributed by atoms with Gasteiger partial charge in [0.15, 0.2) is 5.17 Å². The highest BCUT2D eigenvalue weighted by Gasteiger charge is 2.50. The van der Waals surface area contributed by atoms with Crippen molar-refractivity contribution in [2.45, 2.75) is 63.2 Å². The van der Waals surface area contributed by atoms with E-state index in [2.05, 4.69) is 10.6 Å². The predicted molar refractivity (Wildman–Crippen MR) is 130 cm³/mol. The second-order valence-electron chi connectivity index (χ2n) is 10.2. The Morgan fingerprint density at radius 1 is 1.12 bits per heavy atom. The zero-order valence-corrected chi connectivity index (χ0v) is 20.1. The van der Waals surface area contributed by atoms with E-state index in [0.29, 0.717) is 36.3 Å². The first-order valence-electron chi connectivity index (χ1n) is 12.1. The maximum atomic E-state index is 13.0. The van der Waals surface area contributed by atoms with Gasteiger partial charge in [-0.25, -0.2) is 0 Å². The van der Waals surface area contributed by atoms with Crippen LogP contribution in [0.4, 0.5) is 5.69 Å². The van der Waals surface area contributed by atoms with Gasteiger partial charge in [0.05, 0.1) is 6.04 Å². The summed E-state index contributed by atoms with van der Waals surface area (Å²) in [4.78, 5) is 43.9. The van der Waals surface area contributed by atoms with E-state index < -0.39 is 4.75 Å². The molecule has 2 heterocycles. The lowest BCUT2D eigenvalue weighted by molar-refractivity contribution is -0.122. The number of nitrogens with one attached hydrogen (secondary N) is 2. The van der Waals surface area contributed by atoms with Crippen LogP contribution < -0.4 is 10.6 Å². The molecule has 0 radical (unpaired) electrons. The maximum absolute atomic E-state index is 13.0. The van der Waals surface area contributed by atoms with Gasteiger partial charge in [-0.15, -0.1) is 0 Å². The van der Waals surface area contributed by atoms with Gasteiger partial charge in [0, 0.05) is 31.3 Å². The molecule has 0 aromatic heterocycles. The topological polar surface area (TPSA) is 90.9 Å². The summed E-state index contributed by atoms with van der Waals surface area (Å²) < 4.78 is -0.522. The summed E-state index contributed by atoms with van der Waals surface area (Å²) in [6, 6.07) is 7.38. The van der Waals surface area contributed by atoms with Crippen molar-refractivity contribution in [3.8, 4) is 0 Å². The van der Waals surface area contributed by atoms with Crippen LogP contribution >= 0.6 is 11.8 Å². The van der Waals surface area contributed by atoms with Gasteiger partial charge >= 0.3 is 0 Å². The van der Waals surface area contributed by atoms with Gasteiger partial charge in [-0.1, -0.05) is 18.2 Å². The van der Waals surface area contributed by atoms with Gasteiger partial charge in [0.25, 0.3) is 5.91 Å². The first kappa shape index (κ1) is 22.4. The minimum Gasteiger partial charge on any atom is -0.339 e. The SMILES string of the molecule is CC(=O)Nc1ccc(C(=O)N2CCC(C3(C)SC(=NC4C[C@H]5CC[C@H]4C5)NC3=O)CC2)cc1. The summed E-state index contributed by atoms with van der Waals surface area (Å²) >= 11 is 1.61. The monoisotopic (exact) mass is 468 g/mol. The molecule has 7 nitrogen and oxygen atoms in total. The highest BCUT2D eigenvalue weighted by Crippen LogP contribution is 2.48. The number of anilines is 1. The fourth-order valence-electron chi connectivity index (χ4n) is 6.06. The van der Waals surface area contributed by atoms with Gasteiger partial charge < -0.3 is 15.5 Å². The van der Waals surface area contributed by atoms with Crippen LogP contribution in [0.2, 0.25) is 0 Å². The van der Waals surface area contributed by atoms with Crippen molar-refractivity contribution in [1.29, 1.82) is 0 Å². The van der Waals surface area contributed by atoms with Crippen molar-refractivity contribution in [3.63, 3.8) is 0 Å². The number of hydrogen-bond acceptors (Lipinski definition) is 5. The number of amides is 3. The maximum Gasteiger partial charge on any atom is 0.253 e. The molecule has 1 aromatic rings. The minimum absolute atomic E-state index is 0.00459. The molecule has 2 N–H and O–H groups in total. The number of thioether (sulfide) groups is 1. The number of aliphatic imine (C=N–C) groups is 1. The molecule has 3 amide bonds. The van der Waals surface area contributed by atoms with Crippen molar-refractivity contribution in [2.75, 3.05) is 18.4 Å². The Labute approximate surface area is 199 Å². The molecular formula is C25H32N4O3S. The third-order valence-corrected chi connectivity index (χ3v) is 9.32. The van der Waals surface area contributed by atoms with Gasteiger partial charge in [-0.3, -0.25) is 19.4 Å². The molecule has 2 aliphatic heterocycles. The van der Waals surface area contributed by atoms with E-state index in [1.54, 1.807) is 36.0 Å². The smallest absolute Gasteiger partial charge is 0.253 e. The number of benzene rings is 1. The fraction of sp³-hybridized carbons (Fsp3) is 0.600. The number of amidine groups is 1. The normalized spacial score (nSPS) is 32.9. The molecule has 4 fully saturated rings. The van der Waals surface area contributed by atoms with Gasteiger partial charge in [0.1, 0.15) is 4.75 Å². The molecule has 0 spiro atoms. The van der Waals surface area contributed by atoms with Crippen LogP contribution in [0.15, 0.2) is 29.3 Å². The summed E-state index contributed by atoms with van der Waals surface area (Å²) in [7, 11) is 0. The highest BCUT2D eigenvalue weighted by molar-refractivity contribution is 8.16. The average molecular weight is 469 g/mol. The molecule has 2 bridgehead atoms. The number of carbonyl (C=O) groups excluding carboxylic acids is 3. The van der Waals surface area contributed by atoms with Crippen LogP contribution in [0.1, 0.15) is 62.7 Å². The third-order valence-electron chi connectivity index (χ3n) is 7.98. The van der Waals surface area contributed by atoms with Crippen LogP contribution in [0.5, 0.6) is 0 Å². The molecule has 2 aliphatic carbocycles. The minimum atomic E-state index is -0.522. The van der Waals surface area contributed by atoms with Crippen LogP contribution in [-0.4, -0.2) is 51.7 Å². The lowest BCUT2D eigenvalue weighted by Gasteiger charge is -2.38. The number of likely N-dealkylation sites (tertiary alicyclic amines) is 1. The Morgan fingerprint density at radius 3 is 2.45 bits per heavy atom. The summed E-state index contributed by atoms with van der Waals surface area (Å²) in [6.07, 6.45) is 6.71. The van der Waals surface area contributed by atoms with Crippen LogP contribution in [0.25, 0.3) is 0 Å². The van der Waals surface area contributed by atoms with E-state index in [-0.39, 0.29) is 23.6 Å². The van der Waals surface area contributed by atoms with E-state index in [0.717, 1.165) is 23.9 Å². The van der Waals surface area contributed by atoms with Crippen molar-refractivity contribution < 1.29 is 14.4 Å². The molecule has 4 atom stereocenters. The van der Waals surface area contributed by atoms with Crippen LogP contribution in [0.3, 0.4) is 0 Å². The first-order chi connectivity index (χ1) is 15.8. The first-order valence-corrected chi connectivity index (χ1v) is 12.9. The zero-order chi connectivity index (χ0) is 23.2. The molecule has 8 heteroatoms. The Morgan fingerprint density at radius 2 is 1.85 bits per heavy atom. The summed E-state index contributed by atoms with van der Waals surface area (Å²) in [6.45, 7) is 4.78. The summed E-state index contributed by atoms with van der Waals surface area (Å²) in [5, 5.41) is 6.59. The summed E-state index contributed by atoms with van der Waals surface area (Å²) in [5.74, 6) is 1.67. The summed E-state index contributed by atoms with van der Waals surface area (Å²) in [5.41, 5.74) is 1.29. The Hall–Kier alpha value is -2.35. The van der Waals surface area contributed by atoms with E-state index in [4.69, 9.17) is 4.99 Å². The van der Waals surface area contributed by atoms with Crippen molar-refractivity contribution in [2.24, 2.45) is 22.7 Å². The molecule has 33 heavy (non-hydrogen) atoms. The number of fused-ring (bicyclic) bond motifs is 2. The molecule has 2 unspecified atom stereocenters. The molecule has 1 aromatic carbocycles. The quantitative estimate of drug-likeness (QED) is 0.706. The molecular weight excluding hydrogens is 436 g/mol. The van der Waals surface area contributed by atoms with Gasteiger partial charge in [-0.2, -0.15) is 0 Å². The number of nitrogens with zero attached hydrogens (tertiary/aromatic N) is 2. The van der Waals surface area contributed by atoms with Crippen LogP contribution in [0, 0.1) is 17.8 Å². The second-order valence-corrected chi connectivity index (χ2v) is 11.6. The lowest BCUT2D eigenvalue weighted by atomic mass is 9.84. The molecule has 5 rings (SSSR count). The lowest BCUT2D eigenvalue weighted by Crippen LogP contribution is -2.47. The number of hydrogen-bond donors (Lipinski definition) is 2. The number of carbonyl (C=O) groups is 3. The fourth-order valence-corrected chi connectivity index (χ4v) is 7.34. The number of rotatable bonds is 4. The largest absolute Gasteiger partial charge is 0.339 e. The van der Waals surface area contributed by atoms with E-state index in [1.165, 1.54) is 32.6 Å². The Bertz CT molecular complexity index is 986. The van der Waals surface area contributed by atoms with Crippen molar-refractivity contribution >= 4 is 40.3 Å². The van der Waals surface area contributed by atoms with E-state index in [9.17, 15) is 14.4 Å². The Kier molecular flexibility index (Phi) is 5.97. The van der Waals surface area contributed by atoms with E-state index in [1.807, 2.05) is 11.8 Å². The Balaban J connectivity index is 1.18. The third kappa shape index (κ3) is 4.42. The highest BCUT2D eigenvalue weighted by atomic mass is 32.2. The van der Waals surface area contributed by atoms with Gasteiger partial charge in [0.2, 0.25) is 11.8 Å². The standard InChI is InChI=1S/C25H32N4O3S/c1-15(30)26-20-7-5-17(6-8-20)22(31)29-11-9-19(10-12-29)25(2)23(32)28-24(33-25)27-21-14-16-3-4-18(21)13-16/h5-8,16,18-19,21H,3-4,9-14H2,1-2H3,(H,26,30)(H,27,28,32)/t16-,18-,21?,25?/m0/s1. The van der Waals surface area contributed by atoms with Crippen molar-refractivity contribution in [1.82, 2.24) is 10.2 Å². The zero-order valence-electron chi connectivity index (χ0n) is 19.3. The van der Waals surface area contributed by atoms with E-state index >= 15 is 0 Å². The molecule has 2 saturated heterocycles. The van der Waals surface area contributed by atoms with Crippen molar-refractivity contribution in [3.05, 3.63) is 29.8 Å². The molecule has 2 saturated carbocycles. The predicted octanol–water partition coefficient (Wildman–Crippen LogP) is 3.66. The van der Waals surface area contributed by atoms with Crippen LogP contribution in [-0.2, 0) is 9.59 Å².